The molecular weight excluding hydrogens is 364 g/mol. The fourth-order valence-electron chi connectivity index (χ4n) is 2.02. The number of carboxylic acid groups (broad SMARTS) is 1. The smallest absolute Gasteiger partial charge is 0.305 e. The molecule has 0 fully saturated rings. The molecule has 1 aromatic carbocycles. The van der Waals surface area contributed by atoms with Crippen LogP contribution in [0.4, 0.5) is 0 Å². The fourth-order valence-corrected chi connectivity index (χ4v) is 3.76. The third-order valence-electron chi connectivity index (χ3n) is 3.29. The van der Waals surface area contributed by atoms with Crippen molar-refractivity contribution in [3.63, 3.8) is 0 Å². The van der Waals surface area contributed by atoms with Gasteiger partial charge in [-0.25, -0.2) is 13.1 Å². The summed E-state index contributed by atoms with van der Waals surface area (Å²) < 4.78 is 27.0. The summed E-state index contributed by atoms with van der Waals surface area (Å²) in [7, 11) is -3.64. The van der Waals surface area contributed by atoms with E-state index in [2.05, 4.69) is 10.0 Å². The molecule has 0 aliphatic heterocycles. The van der Waals surface area contributed by atoms with Gasteiger partial charge in [-0.2, -0.15) is 0 Å². The lowest BCUT2D eigenvalue weighted by atomic mass is 10.2. The minimum Gasteiger partial charge on any atom is -0.481 e. The van der Waals surface area contributed by atoms with Gasteiger partial charge in [0.2, 0.25) is 10.0 Å². The first-order valence-electron chi connectivity index (χ1n) is 7.50. The number of hydrogen-bond acceptors (Lipinski definition) is 5. The zero-order valence-electron chi connectivity index (χ0n) is 13.3. The summed E-state index contributed by atoms with van der Waals surface area (Å²) in [4.78, 5) is 23.4. The van der Waals surface area contributed by atoms with Crippen molar-refractivity contribution in [2.24, 2.45) is 0 Å². The summed E-state index contributed by atoms with van der Waals surface area (Å²) in [6.45, 7) is 0.304. The van der Waals surface area contributed by atoms with Crippen LogP contribution in [0.5, 0.6) is 0 Å². The Morgan fingerprint density at radius 1 is 1.08 bits per heavy atom. The van der Waals surface area contributed by atoms with Crippen LogP contribution in [0.25, 0.3) is 0 Å². The molecule has 3 N–H and O–H groups in total. The predicted molar refractivity (Wildman–Crippen MR) is 94.2 cm³/mol. The Labute approximate surface area is 149 Å². The van der Waals surface area contributed by atoms with E-state index in [9.17, 15) is 18.0 Å². The zero-order chi connectivity index (χ0) is 18.3. The molecule has 0 atom stereocenters. The van der Waals surface area contributed by atoms with Gasteiger partial charge in [0, 0.05) is 23.5 Å². The maximum Gasteiger partial charge on any atom is 0.305 e. The van der Waals surface area contributed by atoms with E-state index in [1.165, 1.54) is 24.3 Å². The number of sulfonamides is 1. The van der Waals surface area contributed by atoms with Crippen LogP contribution >= 0.6 is 11.3 Å². The fraction of sp³-hybridized carbons (Fsp3) is 0.250. The van der Waals surface area contributed by atoms with Crippen molar-refractivity contribution in [1.82, 2.24) is 10.0 Å². The largest absolute Gasteiger partial charge is 0.481 e. The molecule has 7 nitrogen and oxygen atoms in total. The standard InChI is InChI=1S/C16H18N2O5S2/c19-15(20)8-9-17-16(21)12-3-5-14(6-4-12)25(22,23)18-10-7-13-2-1-11-24-13/h1-6,11,18H,7-10H2,(H,17,21)(H,19,20). The molecule has 0 aliphatic carbocycles. The Morgan fingerprint density at radius 3 is 2.40 bits per heavy atom. The maximum atomic E-state index is 12.2. The van der Waals surface area contributed by atoms with Crippen LogP contribution in [0.15, 0.2) is 46.7 Å². The molecule has 2 rings (SSSR count). The second-order valence-electron chi connectivity index (χ2n) is 5.15. The van der Waals surface area contributed by atoms with Crippen molar-refractivity contribution in [2.45, 2.75) is 17.7 Å². The summed E-state index contributed by atoms with van der Waals surface area (Å²) in [6.07, 6.45) is 0.438. The van der Waals surface area contributed by atoms with Gasteiger partial charge in [-0.15, -0.1) is 11.3 Å². The van der Waals surface area contributed by atoms with Crippen LogP contribution < -0.4 is 10.0 Å². The van der Waals surface area contributed by atoms with Gasteiger partial charge in [-0.05, 0) is 42.1 Å². The predicted octanol–water partition coefficient (Wildman–Crippen LogP) is 1.47. The van der Waals surface area contributed by atoms with E-state index < -0.39 is 21.9 Å². The number of amides is 1. The number of hydrogen-bond donors (Lipinski definition) is 3. The lowest BCUT2D eigenvalue weighted by Gasteiger charge is -2.08. The summed E-state index contributed by atoms with van der Waals surface area (Å²) in [5.41, 5.74) is 0.267. The summed E-state index contributed by atoms with van der Waals surface area (Å²) in [5, 5.41) is 12.9. The Kier molecular flexibility index (Phi) is 6.68. The van der Waals surface area contributed by atoms with Crippen LogP contribution in [0.1, 0.15) is 21.7 Å². The molecule has 0 saturated heterocycles. The number of thiophene rings is 1. The minimum absolute atomic E-state index is 0.0124. The Bertz CT molecular complexity index is 815. The first-order valence-corrected chi connectivity index (χ1v) is 9.87. The van der Waals surface area contributed by atoms with E-state index in [1.54, 1.807) is 11.3 Å². The first kappa shape index (κ1) is 19.1. The van der Waals surface area contributed by atoms with Gasteiger partial charge < -0.3 is 10.4 Å². The van der Waals surface area contributed by atoms with Gasteiger partial charge >= 0.3 is 5.97 Å². The number of carbonyl (C=O) groups excluding carboxylic acids is 1. The maximum absolute atomic E-state index is 12.2. The van der Waals surface area contributed by atoms with E-state index in [-0.39, 0.29) is 23.4 Å². The van der Waals surface area contributed by atoms with Crippen LogP contribution in [0.2, 0.25) is 0 Å². The molecular formula is C16H18N2O5S2. The number of carboxylic acids is 1. The van der Waals surface area contributed by atoms with Crippen molar-refractivity contribution in [3.8, 4) is 0 Å². The SMILES string of the molecule is O=C(O)CCNC(=O)c1ccc(S(=O)(=O)NCCc2cccs2)cc1. The number of nitrogens with one attached hydrogen (secondary N) is 2. The molecule has 1 amide bonds. The number of benzene rings is 1. The van der Waals surface area contributed by atoms with Crippen molar-refractivity contribution in [3.05, 3.63) is 52.2 Å². The molecule has 1 heterocycles. The molecule has 1 aromatic heterocycles. The van der Waals surface area contributed by atoms with E-state index in [4.69, 9.17) is 5.11 Å². The van der Waals surface area contributed by atoms with Crippen molar-refractivity contribution in [2.75, 3.05) is 13.1 Å². The second-order valence-corrected chi connectivity index (χ2v) is 7.95. The van der Waals surface area contributed by atoms with E-state index in [1.807, 2.05) is 17.5 Å². The molecule has 0 radical (unpaired) electrons. The van der Waals surface area contributed by atoms with Crippen molar-refractivity contribution >= 4 is 33.2 Å². The normalized spacial score (nSPS) is 11.2. The third-order valence-corrected chi connectivity index (χ3v) is 5.71. The summed E-state index contributed by atoms with van der Waals surface area (Å²) >= 11 is 1.57. The average Bonchev–Trinajstić information content (AvgIpc) is 3.08. The minimum atomic E-state index is -3.64. The highest BCUT2D eigenvalue weighted by molar-refractivity contribution is 7.89. The molecule has 2 aromatic rings. The summed E-state index contributed by atoms with van der Waals surface area (Å²) in [6, 6.07) is 9.33. The molecule has 0 unspecified atom stereocenters. The van der Waals surface area contributed by atoms with Gasteiger partial charge in [0.25, 0.3) is 5.91 Å². The van der Waals surface area contributed by atoms with Crippen molar-refractivity contribution in [1.29, 1.82) is 0 Å². The van der Waals surface area contributed by atoms with E-state index in [0.717, 1.165) is 4.88 Å². The van der Waals surface area contributed by atoms with Gasteiger partial charge in [-0.3, -0.25) is 9.59 Å². The molecule has 134 valence electrons. The highest BCUT2D eigenvalue weighted by Crippen LogP contribution is 2.12. The van der Waals surface area contributed by atoms with Crippen LogP contribution in [-0.2, 0) is 21.2 Å². The molecule has 9 heteroatoms. The van der Waals surface area contributed by atoms with E-state index in [0.29, 0.717) is 13.0 Å². The van der Waals surface area contributed by atoms with Gasteiger partial charge in [0.15, 0.2) is 0 Å². The van der Waals surface area contributed by atoms with Crippen LogP contribution in [-0.4, -0.2) is 38.5 Å². The zero-order valence-corrected chi connectivity index (χ0v) is 14.9. The lowest BCUT2D eigenvalue weighted by Crippen LogP contribution is -2.27. The lowest BCUT2D eigenvalue weighted by molar-refractivity contribution is -0.136. The van der Waals surface area contributed by atoms with Gasteiger partial charge in [-0.1, -0.05) is 6.07 Å². The van der Waals surface area contributed by atoms with Gasteiger partial charge in [0.05, 0.1) is 11.3 Å². The molecule has 0 aliphatic rings. The third kappa shape index (κ3) is 5.96. The topological polar surface area (TPSA) is 113 Å². The monoisotopic (exact) mass is 382 g/mol. The molecule has 0 saturated carbocycles. The Balaban J connectivity index is 1.91. The van der Waals surface area contributed by atoms with Crippen LogP contribution in [0, 0.1) is 0 Å². The molecule has 0 bridgehead atoms. The highest BCUT2D eigenvalue weighted by Gasteiger charge is 2.14. The first-order chi connectivity index (χ1) is 11.9. The highest BCUT2D eigenvalue weighted by atomic mass is 32.2. The average molecular weight is 382 g/mol. The van der Waals surface area contributed by atoms with Gasteiger partial charge in [0.1, 0.15) is 0 Å². The number of rotatable bonds is 9. The number of carbonyl (C=O) groups is 2. The quantitative estimate of drug-likeness (QED) is 0.608. The van der Waals surface area contributed by atoms with Crippen LogP contribution in [0.3, 0.4) is 0 Å². The van der Waals surface area contributed by atoms with E-state index >= 15 is 0 Å². The summed E-state index contributed by atoms with van der Waals surface area (Å²) in [5.74, 6) is -1.45. The molecule has 0 spiro atoms. The molecule has 25 heavy (non-hydrogen) atoms. The van der Waals surface area contributed by atoms with Crippen molar-refractivity contribution < 1.29 is 23.1 Å². The Morgan fingerprint density at radius 2 is 1.80 bits per heavy atom. The number of aliphatic carboxylic acids is 1. The Hall–Kier alpha value is -2.23. The second kappa shape index (κ2) is 8.75.